The first kappa shape index (κ1) is 11.9. The molecule has 96 valence electrons. The zero-order valence-electron chi connectivity index (χ0n) is 11.2. The van der Waals surface area contributed by atoms with Crippen molar-refractivity contribution in [1.29, 1.82) is 0 Å². The summed E-state index contributed by atoms with van der Waals surface area (Å²) in [6.07, 6.45) is 1.96. The number of thioether (sulfide) groups is 1. The molecule has 0 saturated heterocycles. The molecule has 1 aliphatic rings. The monoisotopic (exact) mass is 261 g/mol. The number of nitrogens with one attached hydrogen (secondary N) is 1. The average Bonchev–Trinajstić information content (AvgIpc) is 2.62. The molecule has 3 rings (SSSR count). The van der Waals surface area contributed by atoms with Crippen LogP contribution in [0.5, 0.6) is 0 Å². The first-order valence-electron chi connectivity index (χ1n) is 6.38. The molecule has 4 heteroatoms. The number of H-pyrrole nitrogens is 1. The van der Waals surface area contributed by atoms with E-state index in [1.807, 2.05) is 18.0 Å². The van der Waals surface area contributed by atoms with Crippen LogP contribution in [-0.2, 0) is 5.75 Å². The third kappa shape index (κ3) is 1.99. The normalized spacial score (nSPS) is 16.7. The lowest BCUT2D eigenvalue weighted by atomic mass is 10.0. The molecule has 0 aromatic carbocycles. The van der Waals surface area contributed by atoms with E-state index in [4.69, 9.17) is 4.98 Å². The molecular weight excluding hydrogens is 242 g/mol. The predicted molar refractivity (Wildman–Crippen MR) is 79.4 cm³/mol. The molecule has 18 heavy (non-hydrogen) atoms. The minimum atomic E-state index is 0.144. The Morgan fingerprint density at radius 1 is 1.39 bits per heavy atom. The molecule has 1 aliphatic heterocycles. The molecule has 3 heterocycles. The van der Waals surface area contributed by atoms with Gasteiger partial charge in [-0.2, -0.15) is 11.8 Å². The smallest absolute Gasteiger partial charge is 0.137 e. The van der Waals surface area contributed by atoms with Crippen molar-refractivity contribution in [2.24, 2.45) is 0 Å². The molecule has 0 radical (unpaired) electrons. The summed E-state index contributed by atoms with van der Waals surface area (Å²) in [5.41, 5.74) is 3.66. The van der Waals surface area contributed by atoms with Crippen LogP contribution >= 0.6 is 11.8 Å². The number of hydrogen-bond donors (Lipinski definition) is 1. The molecule has 0 atom stereocenters. The van der Waals surface area contributed by atoms with Gasteiger partial charge in [-0.25, -0.2) is 4.98 Å². The third-order valence-corrected chi connectivity index (χ3v) is 4.34. The highest BCUT2D eigenvalue weighted by Crippen LogP contribution is 2.34. The number of hydrogen-bond acceptors (Lipinski definition) is 3. The maximum atomic E-state index is 4.78. The molecule has 0 amide bonds. The summed E-state index contributed by atoms with van der Waals surface area (Å²) in [5.74, 6) is 2.18. The van der Waals surface area contributed by atoms with Crippen LogP contribution in [0.3, 0.4) is 0 Å². The Balaban J connectivity index is 2.18. The van der Waals surface area contributed by atoms with Crippen molar-refractivity contribution < 1.29 is 0 Å². The number of aromatic nitrogens is 2. The number of nitrogens with zero attached hydrogens (tertiary/aromatic N) is 2. The van der Waals surface area contributed by atoms with Crippen LogP contribution in [-0.4, -0.2) is 27.8 Å². The van der Waals surface area contributed by atoms with Crippen molar-refractivity contribution in [3.8, 4) is 0 Å². The molecule has 0 spiro atoms. The standard InChI is InChI=1S/C14H19N3S/c1-14(2,3)17-6-7-18-9-11-12(17)8-10-4-5-15-13(10)16-11/h4-5,8H,6-7,9H2,1-3H3,(H,15,16). The Bertz CT molecular complexity index is 568. The van der Waals surface area contributed by atoms with Crippen LogP contribution in [0.2, 0.25) is 0 Å². The summed E-state index contributed by atoms with van der Waals surface area (Å²) >= 11 is 1.97. The van der Waals surface area contributed by atoms with Gasteiger partial charge in [-0.3, -0.25) is 0 Å². The van der Waals surface area contributed by atoms with E-state index in [0.717, 1.165) is 17.9 Å². The maximum absolute atomic E-state index is 4.78. The molecule has 0 fully saturated rings. The van der Waals surface area contributed by atoms with Gasteiger partial charge in [0, 0.05) is 35.2 Å². The van der Waals surface area contributed by atoms with E-state index >= 15 is 0 Å². The van der Waals surface area contributed by atoms with Crippen LogP contribution in [0.15, 0.2) is 18.3 Å². The van der Waals surface area contributed by atoms with Crippen molar-refractivity contribution in [2.75, 3.05) is 17.2 Å². The number of aromatic amines is 1. The fourth-order valence-electron chi connectivity index (χ4n) is 2.49. The Morgan fingerprint density at radius 3 is 3.00 bits per heavy atom. The summed E-state index contributed by atoms with van der Waals surface area (Å²) < 4.78 is 0. The number of rotatable bonds is 0. The van der Waals surface area contributed by atoms with Crippen LogP contribution in [0.1, 0.15) is 26.5 Å². The molecule has 0 saturated carbocycles. The van der Waals surface area contributed by atoms with Crippen molar-refractivity contribution in [3.63, 3.8) is 0 Å². The Hall–Kier alpha value is -1.16. The zero-order valence-corrected chi connectivity index (χ0v) is 12.0. The molecule has 0 bridgehead atoms. The summed E-state index contributed by atoms with van der Waals surface area (Å²) in [6.45, 7) is 7.91. The van der Waals surface area contributed by atoms with Gasteiger partial charge in [0.05, 0.1) is 11.4 Å². The summed E-state index contributed by atoms with van der Waals surface area (Å²) in [5, 5.41) is 1.20. The molecule has 2 aromatic heterocycles. The van der Waals surface area contributed by atoms with Gasteiger partial charge in [-0.15, -0.1) is 0 Å². The van der Waals surface area contributed by atoms with E-state index in [2.05, 4.69) is 42.8 Å². The van der Waals surface area contributed by atoms with Gasteiger partial charge in [0.1, 0.15) is 5.65 Å². The predicted octanol–water partition coefficient (Wildman–Crippen LogP) is 3.41. The van der Waals surface area contributed by atoms with Gasteiger partial charge in [-0.05, 0) is 32.9 Å². The fraction of sp³-hybridized carbons (Fsp3) is 0.500. The lowest BCUT2D eigenvalue weighted by Crippen LogP contribution is -2.42. The molecule has 0 unspecified atom stereocenters. The average molecular weight is 261 g/mol. The molecule has 3 nitrogen and oxygen atoms in total. The van der Waals surface area contributed by atoms with Gasteiger partial charge >= 0.3 is 0 Å². The molecular formula is C14H19N3S. The lowest BCUT2D eigenvalue weighted by molar-refractivity contribution is 0.514. The highest BCUT2D eigenvalue weighted by molar-refractivity contribution is 7.98. The first-order chi connectivity index (χ1) is 8.55. The van der Waals surface area contributed by atoms with Gasteiger partial charge in [0.2, 0.25) is 0 Å². The Morgan fingerprint density at radius 2 is 2.22 bits per heavy atom. The number of fused-ring (bicyclic) bond motifs is 2. The summed E-state index contributed by atoms with van der Waals surface area (Å²) in [4.78, 5) is 10.5. The molecule has 1 N–H and O–H groups in total. The van der Waals surface area contributed by atoms with Crippen molar-refractivity contribution in [2.45, 2.75) is 32.1 Å². The van der Waals surface area contributed by atoms with Crippen molar-refractivity contribution >= 4 is 28.5 Å². The second-order valence-corrected chi connectivity index (χ2v) is 6.85. The van der Waals surface area contributed by atoms with E-state index in [9.17, 15) is 0 Å². The fourth-order valence-corrected chi connectivity index (χ4v) is 3.35. The summed E-state index contributed by atoms with van der Waals surface area (Å²) in [6, 6.07) is 4.38. The second-order valence-electron chi connectivity index (χ2n) is 5.74. The maximum Gasteiger partial charge on any atom is 0.137 e. The third-order valence-electron chi connectivity index (χ3n) is 3.39. The quantitative estimate of drug-likeness (QED) is 0.788. The highest BCUT2D eigenvalue weighted by Gasteiger charge is 2.26. The summed E-state index contributed by atoms with van der Waals surface area (Å²) in [7, 11) is 0. The zero-order chi connectivity index (χ0) is 12.8. The SMILES string of the molecule is CC(C)(C)N1CCSCc2nc3[nH]ccc3cc21. The second kappa shape index (κ2) is 4.19. The van der Waals surface area contributed by atoms with E-state index in [1.165, 1.54) is 22.5 Å². The van der Waals surface area contributed by atoms with Crippen LogP contribution in [0.4, 0.5) is 5.69 Å². The van der Waals surface area contributed by atoms with Gasteiger partial charge in [0.15, 0.2) is 0 Å². The van der Waals surface area contributed by atoms with Crippen LogP contribution in [0.25, 0.3) is 11.0 Å². The molecule has 0 aliphatic carbocycles. The van der Waals surface area contributed by atoms with Crippen LogP contribution < -0.4 is 4.90 Å². The topological polar surface area (TPSA) is 31.9 Å². The van der Waals surface area contributed by atoms with Crippen molar-refractivity contribution in [1.82, 2.24) is 9.97 Å². The number of pyridine rings is 1. The van der Waals surface area contributed by atoms with E-state index in [-0.39, 0.29) is 5.54 Å². The minimum absolute atomic E-state index is 0.144. The molecule has 2 aromatic rings. The van der Waals surface area contributed by atoms with E-state index in [0.29, 0.717) is 0 Å². The Labute approximate surface area is 112 Å². The first-order valence-corrected chi connectivity index (χ1v) is 7.53. The largest absolute Gasteiger partial charge is 0.364 e. The lowest BCUT2D eigenvalue weighted by Gasteiger charge is -2.37. The van der Waals surface area contributed by atoms with E-state index in [1.54, 1.807) is 0 Å². The van der Waals surface area contributed by atoms with E-state index < -0.39 is 0 Å². The van der Waals surface area contributed by atoms with Crippen LogP contribution in [0, 0.1) is 0 Å². The van der Waals surface area contributed by atoms with Gasteiger partial charge < -0.3 is 9.88 Å². The van der Waals surface area contributed by atoms with Gasteiger partial charge in [0.25, 0.3) is 0 Å². The Kier molecular flexibility index (Phi) is 2.77. The minimum Gasteiger partial charge on any atom is -0.364 e. The highest BCUT2D eigenvalue weighted by atomic mass is 32.2. The van der Waals surface area contributed by atoms with Crippen molar-refractivity contribution in [3.05, 3.63) is 24.0 Å². The number of anilines is 1. The van der Waals surface area contributed by atoms with Gasteiger partial charge in [-0.1, -0.05) is 0 Å².